The Morgan fingerprint density at radius 1 is 1.29 bits per heavy atom. The number of halogens is 4. The van der Waals surface area contributed by atoms with Crippen molar-refractivity contribution in [2.75, 3.05) is 45.9 Å². The summed E-state index contributed by atoms with van der Waals surface area (Å²) in [4.78, 5) is 6.63. The second-order valence-corrected chi connectivity index (χ2v) is 6.02. The zero-order valence-electron chi connectivity index (χ0n) is 15.9. The van der Waals surface area contributed by atoms with Crippen molar-refractivity contribution in [2.24, 2.45) is 4.99 Å². The van der Waals surface area contributed by atoms with E-state index in [2.05, 4.69) is 25.3 Å². The molecule has 0 aromatic heterocycles. The third-order valence-electron chi connectivity index (χ3n) is 4.08. The number of ether oxygens (including phenoxy) is 2. The fraction of sp³-hybridized carbons (Fsp3) is 0.611. The van der Waals surface area contributed by atoms with Crippen LogP contribution in [0.3, 0.4) is 0 Å². The molecule has 0 spiro atoms. The van der Waals surface area contributed by atoms with E-state index in [0.29, 0.717) is 19.0 Å². The van der Waals surface area contributed by atoms with Crippen LogP contribution in [-0.2, 0) is 11.3 Å². The van der Waals surface area contributed by atoms with Crippen LogP contribution in [0.5, 0.6) is 5.75 Å². The average molecular weight is 516 g/mol. The maximum atomic E-state index is 14.0. The Kier molecular flexibility index (Phi) is 12.2. The van der Waals surface area contributed by atoms with Crippen molar-refractivity contribution in [2.45, 2.75) is 26.5 Å². The molecule has 2 N–H and O–H groups in total. The number of morpholine rings is 1. The predicted octanol–water partition coefficient (Wildman–Crippen LogP) is 2.82. The number of benzene rings is 1. The molecule has 1 aliphatic rings. The maximum Gasteiger partial charge on any atom is 0.387 e. The van der Waals surface area contributed by atoms with Crippen molar-refractivity contribution in [1.82, 2.24) is 15.5 Å². The van der Waals surface area contributed by atoms with E-state index < -0.39 is 12.4 Å². The van der Waals surface area contributed by atoms with Gasteiger partial charge in [-0.2, -0.15) is 8.78 Å². The van der Waals surface area contributed by atoms with E-state index in [-0.39, 0.29) is 41.8 Å². The van der Waals surface area contributed by atoms with Gasteiger partial charge in [0.05, 0.1) is 25.3 Å². The highest BCUT2D eigenvalue weighted by atomic mass is 127. The minimum Gasteiger partial charge on any atom is -0.434 e. The predicted molar refractivity (Wildman–Crippen MR) is 113 cm³/mol. The lowest BCUT2D eigenvalue weighted by Crippen LogP contribution is -2.40. The standard InChI is InChI=1S/C18H27F3N4O2.HI/c1-2-22-18(23-7-4-8-25-9-11-26-12-10-25)24-13-14-15(19)5-3-6-16(14)27-17(20)21;/h3,5-6,17H,2,4,7-13H2,1H3,(H2,22,23,24);1H. The molecule has 0 bridgehead atoms. The van der Waals surface area contributed by atoms with Crippen molar-refractivity contribution in [1.29, 1.82) is 0 Å². The van der Waals surface area contributed by atoms with Gasteiger partial charge >= 0.3 is 6.61 Å². The molecule has 0 amide bonds. The molecule has 0 unspecified atom stereocenters. The van der Waals surface area contributed by atoms with E-state index in [1.165, 1.54) is 18.2 Å². The number of rotatable bonds is 9. The topological polar surface area (TPSA) is 58.1 Å². The van der Waals surface area contributed by atoms with Crippen LogP contribution < -0.4 is 15.4 Å². The summed E-state index contributed by atoms with van der Waals surface area (Å²) >= 11 is 0. The molecule has 0 atom stereocenters. The van der Waals surface area contributed by atoms with Crippen LogP contribution in [0.4, 0.5) is 13.2 Å². The molecule has 0 saturated carbocycles. The van der Waals surface area contributed by atoms with Crippen molar-refractivity contribution < 1.29 is 22.6 Å². The van der Waals surface area contributed by atoms with E-state index in [1.807, 2.05) is 6.92 Å². The Hall–Kier alpha value is -1.27. The summed E-state index contributed by atoms with van der Waals surface area (Å²) in [5.74, 6) is -0.317. The monoisotopic (exact) mass is 516 g/mol. The van der Waals surface area contributed by atoms with E-state index in [0.717, 1.165) is 39.3 Å². The molecule has 1 fully saturated rings. The lowest BCUT2D eigenvalue weighted by molar-refractivity contribution is -0.0506. The lowest BCUT2D eigenvalue weighted by Gasteiger charge is -2.26. The number of alkyl halides is 2. The average Bonchev–Trinajstić information content (AvgIpc) is 2.65. The Labute approximate surface area is 180 Å². The third-order valence-corrected chi connectivity index (χ3v) is 4.08. The maximum absolute atomic E-state index is 14.0. The number of nitrogens with one attached hydrogen (secondary N) is 2. The lowest BCUT2D eigenvalue weighted by atomic mass is 10.2. The molecular weight excluding hydrogens is 488 g/mol. The van der Waals surface area contributed by atoms with Crippen LogP contribution in [0.2, 0.25) is 0 Å². The van der Waals surface area contributed by atoms with Gasteiger partial charge < -0.3 is 20.1 Å². The molecular formula is C18H28F3IN4O2. The van der Waals surface area contributed by atoms with Crippen LogP contribution >= 0.6 is 24.0 Å². The van der Waals surface area contributed by atoms with Gasteiger partial charge in [-0.3, -0.25) is 4.90 Å². The van der Waals surface area contributed by atoms with Crippen molar-refractivity contribution in [3.05, 3.63) is 29.6 Å². The molecule has 0 aliphatic carbocycles. The van der Waals surface area contributed by atoms with Crippen LogP contribution in [0, 0.1) is 5.82 Å². The summed E-state index contributed by atoms with van der Waals surface area (Å²) in [6.07, 6.45) is 0.920. The summed E-state index contributed by atoms with van der Waals surface area (Å²) in [6, 6.07) is 3.84. The van der Waals surface area contributed by atoms with Crippen LogP contribution in [0.1, 0.15) is 18.9 Å². The number of aliphatic imine (C=N–C) groups is 1. The first kappa shape index (κ1) is 24.8. The fourth-order valence-electron chi connectivity index (χ4n) is 2.73. The van der Waals surface area contributed by atoms with E-state index in [9.17, 15) is 13.2 Å². The highest BCUT2D eigenvalue weighted by Crippen LogP contribution is 2.24. The van der Waals surface area contributed by atoms with Crippen molar-refractivity contribution in [3.8, 4) is 5.75 Å². The summed E-state index contributed by atoms with van der Waals surface area (Å²) in [5.41, 5.74) is 0.00307. The highest BCUT2D eigenvalue weighted by molar-refractivity contribution is 14.0. The van der Waals surface area contributed by atoms with Crippen LogP contribution in [0.25, 0.3) is 0 Å². The van der Waals surface area contributed by atoms with Gasteiger partial charge in [-0.05, 0) is 32.0 Å². The Bertz CT molecular complexity index is 602. The second-order valence-electron chi connectivity index (χ2n) is 6.02. The number of nitrogens with zero attached hydrogens (tertiary/aromatic N) is 2. The summed E-state index contributed by atoms with van der Waals surface area (Å²) in [7, 11) is 0. The molecule has 28 heavy (non-hydrogen) atoms. The third kappa shape index (κ3) is 8.82. The van der Waals surface area contributed by atoms with Gasteiger partial charge in [0.1, 0.15) is 11.6 Å². The van der Waals surface area contributed by atoms with Gasteiger partial charge in [-0.25, -0.2) is 9.38 Å². The first-order valence-corrected chi connectivity index (χ1v) is 9.14. The second kappa shape index (κ2) is 13.8. The summed E-state index contributed by atoms with van der Waals surface area (Å²) in [6.45, 7) is 4.49. The zero-order chi connectivity index (χ0) is 19.5. The molecule has 160 valence electrons. The molecule has 1 aromatic rings. The smallest absolute Gasteiger partial charge is 0.387 e. The Balaban J connectivity index is 0.00000392. The zero-order valence-corrected chi connectivity index (χ0v) is 18.3. The van der Waals surface area contributed by atoms with Gasteiger partial charge in [0, 0.05) is 26.2 Å². The van der Waals surface area contributed by atoms with Crippen LogP contribution in [-0.4, -0.2) is 63.4 Å². The van der Waals surface area contributed by atoms with Gasteiger partial charge in [0.25, 0.3) is 0 Å². The molecule has 0 radical (unpaired) electrons. The summed E-state index contributed by atoms with van der Waals surface area (Å²) in [5, 5.41) is 6.24. The van der Waals surface area contributed by atoms with Crippen molar-refractivity contribution >= 4 is 29.9 Å². The van der Waals surface area contributed by atoms with Gasteiger partial charge in [-0.15, -0.1) is 24.0 Å². The van der Waals surface area contributed by atoms with Gasteiger partial charge in [0.2, 0.25) is 0 Å². The first-order valence-electron chi connectivity index (χ1n) is 9.14. The number of guanidine groups is 1. The first-order chi connectivity index (χ1) is 13.1. The highest BCUT2D eigenvalue weighted by Gasteiger charge is 2.14. The quantitative estimate of drug-likeness (QED) is 0.229. The molecule has 10 heteroatoms. The largest absolute Gasteiger partial charge is 0.434 e. The fourth-order valence-corrected chi connectivity index (χ4v) is 2.73. The Morgan fingerprint density at radius 2 is 2.04 bits per heavy atom. The molecule has 6 nitrogen and oxygen atoms in total. The summed E-state index contributed by atoms with van der Waals surface area (Å²) < 4.78 is 48.7. The van der Waals surface area contributed by atoms with Crippen molar-refractivity contribution in [3.63, 3.8) is 0 Å². The van der Waals surface area contributed by atoms with Crippen LogP contribution in [0.15, 0.2) is 23.2 Å². The molecule has 1 heterocycles. The number of hydrogen-bond acceptors (Lipinski definition) is 4. The normalized spacial score (nSPS) is 15.2. The van der Waals surface area contributed by atoms with E-state index in [1.54, 1.807) is 0 Å². The van der Waals surface area contributed by atoms with E-state index >= 15 is 0 Å². The molecule has 1 aromatic carbocycles. The molecule has 1 aliphatic heterocycles. The SMILES string of the molecule is CCNC(=NCc1c(F)cccc1OC(F)F)NCCCN1CCOCC1.I. The Morgan fingerprint density at radius 3 is 2.71 bits per heavy atom. The minimum atomic E-state index is -3.01. The van der Waals surface area contributed by atoms with E-state index in [4.69, 9.17) is 4.74 Å². The molecule has 2 rings (SSSR count). The minimum absolute atomic E-state index is 0. The van der Waals surface area contributed by atoms with Gasteiger partial charge in [-0.1, -0.05) is 6.07 Å². The number of hydrogen-bond donors (Lipinski definition) is 2. The van der Waals surface area contributed by atoms with Gasteiger partial charge in [0.15, 0.2) is 5.96 Å². The molecule has 1 saturated heterocycles.